The molecular formula is C20H30N2O4. The Kier molecular flexibility index (Phi) is 6.04. The molecule has 2 fully saturated rings. The first-order valence-electron chi connectivity index (χ1n) is 9.43. The molecule has 0 bridgehead atoms. The molecule has 1 aromatic carbocycles. The number of hydrogen-bond donors (Lipinski definition) is 1. The summed E-state index contributed by atoms with van der Waals surface area (Å²) in [5, 5.41) is 6.89. The van der Waals surface area contributed by atoms with Crippen LogP contribution in [0.3, 0.4) is 0 Å². The van der Waals surface area contributed by atoms with Crippen molar-refractivity contribution in [1.29, 1.82) is 0 Å². The topological polar surface area (TPSA) is 62.2 Å². The van der Waals surface area contributed by atoms with Crippen LogP contribution >= 0.6 is 0 Å². The quantitative estimate of drug-likeness (QED) is 0.835. The fourth-order valence-electron chi connectivity index (χ4n) is 4.30. The number of ether oxygens (including phenoxy) is 2. The highest BCUT2D eigenvalue weighted by molar-refractivity contribution is 5.44. The Morgan fingerprint density at radius 1 is 1.19 bits per heavy atom. The lowest BCUT2D eigenvalue weighted by molar-refractivity contribution is -0.122. The molecular weight excluding hydrogens is 332 g/mol. The van der Waals surface area contributed by atoms with Crippen molar-refractivity contribution in [3.05, 3.63) is 23.8 Å². The lowest BCUT2D eigenvalue weighted by atomic mass is 9.91. The molecule has 0 radical (unpaired) electrons. The summed E-state index contributed by atoms with van der Waals surface area (Å²) in [7, 11) is 0. The Morgan fingerprint density at radius 2 is 1.88 bits per heavy atom. The molecule has 2 aliphatic heterocycles. The fraction of sp³-hybridized carbons (Fsp3) is 0.650. The number of fused-ring (bicyclic) bond motifs is 1. The second kappa shape index (κ2) is 8.27. The number of nitrogens with zero attached hydrogens (tertiary/aromatic N) is 2. The van der Waals surface area contributed by atoms with Crippen molar-refractivity contribution in [3.63, 3.8) is 0 Å². The summed E-state index contributed by atoms with van der Waals surface area (Å²) in [5.74, 6) is 1.77. The Labute approximate surface area is 155 Å². The normalized spacial score (nSPS) is 24.8. The standard InChI is InChI=1S/C19H28N2O2.CH2O2/c1-19(2)6-5-16(12-19)21-9-7-20(8-10-21)13-15-3-4-17-18(11-15)23-14-22-17;2-1-3/h3-4,11,16H,5-10,12-14H2,1-2H3;1H,(H,2,3). The molecule has 144 valence electrons. The number of piperazine rings is 1. The molecule has 2 heterocycles. The van der Waals surface area contributed by atoms with E-state index in [1.54, 1.807) is 0 Å². The summed E-state index contributed by atoms with van der Waals surface area (Å²) in [6.07, 6.45) is 4.14. The van der Waals surface area contributed by atoms with E-state index in [1.165, 1.54) is 51.0 Å². The number of carbonyl (C=O) groups is 1. The Morgan fingerprint density at radius 3 is 2.54 bits per heavy atom. The number of benzene rings is 1. The lowest BCUT2D eigenvalue weighted by Crippen LogP contribution is -2.49. The largest absolute Gasteiger partial charge is 0.483 e. The zero-order valence-corrected chi connectivity index (χ0v) is 15.8. The van der Waals surface area contributed by atoms with E-state index in [1.807, 2.05) is 6.07 Å². The van der Waals surface area contributed by atoms with Gasteiger partial charge in [-0.05, 0) is 42.4 Å². The maximum atomic E-state index is 8.36. The van der Waals surface area contributed by atoms with E-state index in [2.05, 4.69) is 35.8 Å². The van der Waals surface area contributed by atoms with Gasteiger partial charge in [0.05, 0.1) is 0 Å². The molecule has 0 aromatic heterocycles. The van der Waals surface area contributed by atoms with Crippen LogP contribution in [0.5, 0.6) is 11.5 Å². The van der Waals surface area contributed by atoms with Gasteiger partial charge in [0.15, 0.2) is 11.5 Å². The molecule has 4 rings (SSSR count). The van der Waals surface area contributed by atoms with Crippen molar-refractivity contribution < 1.29 is 19.4 Å². The van der Waals surface area contributed by atoms with Crippen LogP contribution < -0.4 is 9.47 Å². The molecule has 1 aromatic rings. The van der Waals surface area contributed by atoms with Crippen molar-refractivity contribution in [3.8, 4) is 11.5 Å². The van der Waals surface area contributed by atoms with Gasteiger partial charge < -0.3 is 14.6 Å². The van der Waals surface area contributed by atoms with Gasteiger partial charge in [-0.2, -0.15) is 0 Å². The Bertz CT molecular complexity index is 612. The second-order valence-corrected chi connectivity index (χ2v) is 8.17. The van der Waals surface area contributed by atoms with Crippen LogP contribution in [0.1, 0.15) is 38.7 Å². The summed E-state index contributed by atoms with van der Waals surface area (Å²) in [5.41, 5.74) is 1.87. The first kappa shape index (κ1) is 19.0. The molecule has 0 spiro atoms. The SMILES string of the molecule is CC1(C)CCC(N2CCN(Cc3ccc4c(c3)OCO4)CC2)C1.O=CO. The van der Waals surface area contributed by atoms with Crippen molar-refractivity contribution in [2.24, 2.45) is 5.41 Å². The van der Waals surface area contributed by atoms with Gasteiger partial charge in [-0.3, -0.25) is 14.6 Å². The van der Waals surface area contributed by atoms with Crippen molar-refractivity contribution in [2.75, 3.05) is 33.0 Å². The maximum absolute atomic E-state index is 8.36. The maximum Gasteiger partial charge on any atom is 0.290 e. The predicted octanol–water partition coefficient (Wildman–Crippen LogP) is 2.81. The monoisotopic (exact) mass is 362 g/mol. The average Bonchev–Trinajstić information content (AvgIpc) is 3.22. The van der Waals surface area contributed by atoms with Crippen LogP contribution in [0.4, 0.5) is 0 Å². The third kappa shape index (κ3) is 4.68. The van der Waals surface area contributed by atoms with Crippen LogP contribution in [-0.2, 0) is 11.3 Å². The molecule has 1 saturated heterocycles. The minimum absolute atomic E-state index is 0.250. The first-order chi connectivity index (χ1) is 12.5. The van der Waals surface area contributed by atoms with Gasteiger partial charge in [-0.25, -0.2) is 0 Å². The first-order valence-corrected chi connectivity index (χ1v) is 9.43. The van der Waals surface area contributed by atoms with E-state index >= 15 is 0 Å². The summed E-state index contributed by atoms with van der Waals surface area (Å²) in [6, 6.07) is 7.15. The van der Waals surface area contributed by atoms with Gasteiger partial charge in [0.25, 0.3) is 6.47 Å². The smallest absolute Gasteiger partial charge is 0.290 e. The molecule has 1 saturated carbocycles. The van der Waals surface area contributed by atoms with Crippen LogP contribution in [0.25, 0.3) is 0 Å². The van der Waals surface area contributed by atoms with Crippen molar-refractivity contribution in [2.45, 2.75) is 45.7 Å². The molecule has 26 heavy (non-hydrogen) atoms. The third-order valence-corrected chi connectivity index (χ3v) is 5.71. The highest BCUT2D eigenvalue weighted by Gasteiger charge is 2.35. The second-order valence-electron chi connectivity index (χ2n) is 8.17. The summed E-state index contributed by atoms with van der Waals surface area (Å²) >= 11 is 0. The van der Waals surface area contributed by atoms with Crippen molar-refractivity contribution >= 4 is 6.47 Å². The Hall–Kier alpha value is -1.79. The number of carboxylic acid groups (broad SMARTS) is 1. The van der Waals surface area contributed by atoms with Gasteiger partial charge in [-0.15, -0.1) is 0 Å². The van der Waals surface area contributed by atoms with Crippen LogP contribution in [0.2, 0.25) is 0 Å². The van der Waals surface area contributed by atoms with E-state index in [4.69, 9.17) is 19.4 Å². The van der Waals surface area contributed by atoms with Gasteiger partial charge >= 0.3 is 0 Å². The van der Waals surface area contributed by atoms with Gasteiger partial charge in [-0.1, -0.05) is 19.9 Å². The van der Waals surface area contributed by atoms with Crippen molar-refractivity contribution in [1.82, 2.24) is 9.80 Å². The van der Waals surface area contributed by atoms with E-state index in [0.29, 0.717) is 12.2 Å². The van der Waals surface area contributed by atoms with E-state index < -0.39 is 0 Å². The highest BCUT2D eigenvalue weighted by Crippen LogP contribution is 2.39. The van der Waals surface area contributed by atoms with Gasteiger partial charge in [0.1, 0.15) is 0 Å². The Balaban J connectivity index is 0.000000613. The third-order valence-electron chi connectivity index (χ3n) is 5.71. The molecule has 6 nitrogen and oxygen atoms in total. The summed E-state index contributed by atoms with van der Waals surface area (Å²) in [4.78, 5) is 13.7. The summed E-state index contributed by atoms with van der Waals surface area (Å²) < 4.78 is 10.9. The number of rotatable bonds is 3. The highest BCUT2D eigenvalue weighted by atomic mass is 16.7. The minimum atomic E-state index is -0.250. The molecule has 0 amide bonds. The molecule has 1 unspecified atom stereocenters. The van der Waals surface area contributed by atoms with E-state index in [-0.39, 0.29) is 6.47 Å². The molecule has 3 aliphatic rings. The minimum Gasteiger partial charge on any atom is -0.483 e. The molecule has 1 atom stereocenters. The van der Waals surface area contributed by atoms with E-state index in [0.717, 1.165) is 24.1 Å². The zero-order chi connectivity index (χ0) is 18.6. The molecule has 1 N–H and O–H groups in total. The zero-order valence-electron chi connectivity index (χ0n) is 15.8. The van der Waals surface area contributed by atoms with E-state index in [9.17, 15) is 0 Å². The number of hydrogen-bond acceptors (Lipinski definition) is 5. The molecule has 1 aliphatic carbocycles. The lowest BCUT2D eigenvalue weighted by Gasteiger charge is -2.38. The van der Waals surface area contributed by atoms with Gasteiger partial charge in [0.2, 0.25) is 6.79 Å². The molecule has 6 heteroatoms. The fourth-order valence-corrected chi connectivity index (χ4v) is 4.30. The predicted molar refractivity (Wildman–Crippen MR) is 99.5 cm³/mol. The van der Waals surface area contributed by atoms with Crippen LogP contribution in [0, 0.1) is 5.41 Å². The average molecular weight is 362 g/mol. The van der Waals surface area contributed by atoms with Crippen LogP contribution in [0.15, 0.2) is 18.2 Å². The summed E-state index contributed by atoms with van der Waals surface area (Å²) in [6.45, 7) is 10.7. The van der Waals surface area contributed by atoms with Gasteiger partial charge in [0, 0.05) is 38.8 Å². The van der Waals surface area contributed by atoms with Crippen LogP contribution in [-0.4, -0.2) is 60.4 Å².